The highest BCUT2D eigenvalue weighted by atomic mass is 19.1. The fraction of sp³-hybridized carbons (Fsp3) is 0.278. The van der Waals surface area contributed by atoms with Gasteiger partial charge in [0.2, 0.25) is 0 Å². The molecule has 0 aliphatic carbocycles. The number of halogens is 2. The first-order valence-electron chi connectivity index (χ1n) is 7.90. The number of carbonyl (C=O) groups is 1. The number of urea groups is 1. The standard InChI is InChI=1S/C18H19F2N3O/c19-15-7-5-14(6-8-15)13-21-18(24)23-11-9-22(10-12-23)17-4-2-1-3-16(17)20/h1-8H,9-13H2,(H,21,24). The lowest BCUT2D eigenvalue weighted by molar-refractivity contribution is 0.194. The molecule has 6 heteroatoms. The second-order valence-electron chi connectivity index (χ2n) is 5.71. The van der Waals surface area contributed by atoms with Gasteiger partial charge in [-0.2, -0.15) is 0 Å². The molecule has 24 heavy (non-hydrogen) atoms. The van der Waals surface area contributed by atoms with E-state index in [4.69, 9.17) is 0 Å². The number of amides is 2. The summed E-state index contributed by atoms with van der Waals surface area (Å²) in [5.41, 5.74) is 1.42. The molecule has 1 aliphatic rings. The minimum Gasteiger partial charge on any atom is -0.366 e. The fourth-order valence-electron chi connectivity index (χ4n) is 2.75. The molecule has 0 atom stereocenters. The quantitative estimate of drug-likeness (QED) is 0.938. The zero-order chi connectivity index (χ0) is 16.9. The lowest BCUT2D eigenvalue weighted by Gasteiger charge is -2.36. The van der Waals surface area contributed by atoms with E-state index >= 15 is 0 Å². The number of carbonyl (C=O) groups excluding carboxylic acids is 1. The van der Waals surface area contributed by atoms with Crippen molar-refractivity contribution >= 4 is 11.7 Å². The molecule has 0 aromatic heterocycles. The number of hydrogen-bond donors (Lipinski definition) is 1. The Morgan fingerprint density at radius 2 is 1.62 bits per heavy atom. The summed E-state index contributed by atoms with van der Waals surface area (Å²) < 4.78 is 26.7. The third kappa shape index (κ3) is 3.82. The molecule has 126 valence electrons. The first kappa shape index (κ1) is 16.2. The van der Waals surface area contributed by atoms with Gasteiger partial charge >= 0.3 is 6.03 Å². The van der Waals surface area contributed by atoms with Crippen molar-refractivity contribution in [3.8, 4) is 0 Å². The Bertz CT molecular complexity index is 698. The van der Waals surface area contributed by atoms with Crippen LogP contribution in [0.5, 0.6) is 0 Å². The highest BCUT2D eigenvalue weighted by Crippen LogP contribution is 2.20. The zero-order valence-corrected chi connectivity index (χ0v) is 13.2. The second kappa shape index (κ2) is 7.29. The van der Waals surface area contributed by atoms with Crippen molar-refractivity contribution < 1.29 is 13.6 Å². The van der Waals surface area contributed by atoms with Gasteiger partial charge in [-0.3, -0.25) is 0 Å². The van der Waals surface area contributed by atoms with Crippen LogP contribution >= 0.6 is 0 Å². The van der Waals surface area contributed by atoms with Crippen molar-refractivity contribution in [2.24, 2.45) is 0 Å². The maximum absolute atomic E-state index is 13.8. The molecule has 0 radical (unpaired) electrons. The van der Waals surface area contributed by atoms with Crippen molar-refractivity contribution in [2.45, 2.75) is 6.54 Å². The molecule has 0 saturated carbocycles. The van der Waals surface area contributed by atoms with Gasteiger partial charge in [0.1, 0.15) is 11.6 Å². The highest BCUT2D eigenvalue weighted by molar-refractivity contribution is 5.74. The minimum atomic E-state index is -0.297. The van der Waals surface area contributed by atoms with Crippen LogP contribution in [0.4, 0.5) is 19.3 Å². The maximum atomic E-state index is 13.8. The third-order valence-corrected chi connectivity index (χ3v) is 4.12. The van der Waals surface area contributed by atoms with Crippen LogP contribution in [0.2, 0.25) is 0 Å². The van der Waals surface area contributed by atoms with Gasteiger partial charge in [-0.25, -0.2) is 13.6 Å². The number of anilines is 1. The van der Waals surface area contributed by atoms with E-state index in [9.17, 15) is 13.6 Å². The van der Waals surface area contributed by atoms with Crippen LogP contribution in [0, 0.1) is 11.6 Å². The topological polar surface area (TPSA) is 35.6 Å². The van der Waals surface area contributed by atoms with Crippen molar-refractivity contribution in [2.75, 3.05) is 31.1 Å². The normalized spacial score (nSPS) is 14.6. The summed E-state index contributed by atoms with van der Waals surface area (Å²) in [7, 11) is 0. The molecule has 0 spiro atoms. The van der Waals surface area contributed by atoms with E-state index in [1.54, 1.807) is 35.2 Å². The van der Waals surface area contributed by atoms with Crippen LogP contribution in [-0.4, -0.2) is 37.1 Å². The van der Waals surface area contributed by atoms with Gasteiger partial charge in [-0.1, -0.05) is 24.3 Å². The van der Waals surface area contributed by atoms with Gasteiger partial charge < -0.3 is 15.1 Å². The molecule has 1 N–H and O–H groups in total. The Morgan fingerprint density at radius 3 is 2.29 bits per heavy atom. The highest BCUT2D eigenvalue weighted by Gasteiger charge is 2.22. The number of nitrogens with zero attached hydrogens (tertiary/aromatic N) is 2. The minimum absolute atomic E-state index is 0.160. The predicted molar refractivity (Wildman–Crippen MR) is 88.8 cm³/mol. The lowest BCUT2D eigenvalue weighted by atomic mass is 10.2. The Kier molecular flexibility index (Phi) is 4.93. The van der Waals surface area contributed by atoms with E-state index in [1.807, 2.05) is 4.90 Å². The molecule has 1 heterocycles. The van der Waals surface area contributed by atoms with Gasteiger partial charge in [-0.05, 0) is 29.8 Å². The van der Waals surface area contributed by atoms with E-state index in [1.165, 1.54) is 18.2 Å². The summed E-state index contributed by atoms with van der Waals surface area (Å²) in [4.78, 5) is 15.8. The Morgan fingerprint density at radius 1 is 0.958 bits per heavy atom. The monoisotopic (exact) mass is 331 g/mol. The van der Waals surface area contributed by atoms with E-state index in [-0.39, 0.29) is 17.7 Å². The van der Waals surface area contributed by atoms with Gasteiger partial charge in [0.05, 0.1) is 5.69 Å². The molecule has 1 aliphatic heterocycles. The Labute approximate surface area is 139 Å². The van der Waals surface area contributed by atoms with Crippen molar-refractivity contribution in [1.29, 1.82) is 0 Å². The van der Waals surface area contributed by atoms with Gasteiger partial charge in [-0.15, -0.1) is 0 Å². The summed E-state index contributed by atoms with van der Waals surface area (Å²) in [5.74, 6) is -0.541. The van der Waals surface area contributed by atoms with E-state index in [0.29, 0.717) is 38.4 Å². The largest absolute Gasteiger partial charge is 0.366 e. The number of piperazine rings is 1. The average Bonchev–Trinajstić information content (AvgIpc) is 2.61. The number of rotatable bonds is 3. The van der Waals surface area contributed by atoms with Gasteiger partial charge in [0.25, 0.3) is 0 Å². The van der Waals surface area contributed by atoms with Crippen LogP contribution in [0.25, 0.3) is 0 Å². The first-order chi connectivity index (χ1) is 11.6. The Hall–Kier alpha value is -2.63. The molecule has 0 unspecified atom stereocenters. The number of hydrogen-bond acceptors (Lipinski definition) is 2. The van der Waals surface area contributed by atoms with E-state index in [0.717, 1.165) is 5.56 Å². The summed E-state index contributed by atoms with van der Waals surface area (Å²) in [5, 5.41) is 2.83. The second-order valence-corrected chi connectivity index (χ2v) is 5.71. The molecule has 2 aromatic carbocycles. The van der Waals surface area contributed by atoms with Crippen molar-refractivity contribution in [1.82, 2.24) is 10.2 Å². The Balaban J connectivity index is 1.50. The predicted octanol–water partition coefficient (Wildman–Crippen LogP) is 3.00. The molecule has 1 saturated heterocycles. The van der Waals surface area contributed by atoms with E-state index in [2.05, 4.69) is 5.32 Å². The van der Waals surface area contributed by atoms with Crippen LogP contribution in [-0.2, 0) is 6.54 Å². The average molecular weight is 331 g/mol. The number of benzene rings is 2. The summed E-state index contributed by atoms with van der Waals surface area (Å²) in [6.07, 6.45) is 0. The molecular weight excluding hydrogens is 312 g/mol. The molecule has 2 amide bonds. The molecule has 3 rings (SSSR count). The molecule has 2 aromatic rings. The van der Waals surface area contributed by atoms with Crippen LogP contribution in [0.3, 0.4) is 0 Å². The summed E-state index contributed by atoms with van der Waals surface area (Å²) in [6.45, 7) is 2.59. The molecule has 1 fully saturated rings. The van der Waals surface area contributed by atoms with Crippen LogP contribution in [0.15, 0.2) is 48.5 Å². The van der Waals surface area contributed by atoms with Crippen LogP contribution < -0.4 is 10.2 Å². The van der Waals surface area contributed by atoms with Gasteiger partial charge in [0.15, 0.2) is 0 Å². The van der Waals surface area contributed by atoms with E-state index < -0.39 is 0 Å². The lowest BCUT2D eigenvalue weighted by Crippen LogP contribution is -2.51. The number of nitrogens with one attached hydrogen (secondary N) is 1. The first-order valence-corrected chi connectivity index (χ1v) is 7.90. The zero-order valence-electron chi connectivity index (χ0n) is 13.2. The van der Waals surface area contributed by atoms with Crippen LogP contribution in [0.1, 0.15) is 5.56 Å². The van der Waals surface area contributed by atoms with Gasteiger partial charge in [0, 0.05) is 32.7 Å². The molecular formula is C18H19F2N3O. The smallest absolute Gasteiger partial charge is 0.317 e. The molecule has 4 nitrogen and oxygen atoms in total. The van der Waals surface area contributed by atoms with Crippen molar-refractivity contribution in [3.63, 3.8) is 0 Å². The fourth-order valence-corrected chi connectivity index (χ4v) is 2.75. The third-order valence-electron chi connectivity index (χ3n) is 4.12. The maximum Gasteiger partial charge on any atom is 0.317 e. The SMILES string of the molecule is O=C(NCc1ccc(F)cc1)N1CCN(c2ccccc2F)CC1. The molecule has 0 bridgehead atoms. The number of para-hydroxylation sites is 1. The van der Waals surface area contributed by atoms with Crippen molar-refractivity contribution in [3.05, 3.63) is 65.7 Å². The summed E-state index contributed by atoms with van der Waals surface area (Å²) >= 11 is 0. The summed E-state index contributed by atoms with van der Waals surface area (Å²) in [6, 6.07) is 12.5.